The highest BCUT2D eigenvalue weighted by molar-refractivity contribution is 5.94. The summed E-state index contributed by atoms with van der Waals surface area (Å²) in [5, 5.41) is 2.66. The lowest BCUT2D eigenvalue weighted by Gasteiger charge is -2.09. The van der Waals surface area contributed by atoms with Crippen molar-refractivity contribution in [3.8, 4) is 5.75 Å². The van der Waals surface area contributed by atoms with Crippen LogP contribution in [0.1, 0.15) is 16.8 Å². The SMILES string of the molecule is NC1CC1NC(=O)c1ccc(OC(F)(F)F)cc1. The molecule has 2 rings (SSSR count). The van der Waals surface area contributed by atoms with Crippen LogP contribution in [0.15, 0.2) is 24.3 Å². The van der Waals surface area contributed by atoms with Crippen molar-refractivity contribution in [3.05, 3.63) is 29.8 Å². The lowest BCUT2D eigenvalue weighted by Crippen LogP contribution is -2.29. The van der Waals surface area contributed by atoms with Crippen molar-refractivity contribution in [3.63, 3.8) is 0 Å². The van der Waals surface area contributed by atoms with Gasteiger partial charge in [0, 0.05) is 17.6 Å². The Hall–Kier alpha value is -1.76. The van der Waals surface area contributed by atoms with Crippen molar-refractivity contribution in [2.75, 3.05) is 0 Å². The smallest absolute Gasteiger partial charge is 0.406 e. The molecule has 2 atom stereocenters. The zero-order chi connectivity index (χ0) is 13.3. The number of benzene rings is 1. The van der Waals surface area contributed by atoms with E-state index in [1.54, 1.807) is 0 Å². The number of carbonyl (C=O) groups excluding carboxylic acids is 1. The zero-order valence-electron chi connectivity index (χ0n) is 9.20. The van der Waals surface area contributed by atoms with Gasteiger partial charge in [0.1, 0.15) is 5.75 Å². The van der Waals surface area contributed by atoms with Crippen LogP contribution in [-0.4, -0.2) is 24.4 Å². The minimum absolute atomic E-state index is 0.0261. The van der Waals surface area contributed by atoms with Crippen molar-refractivity contribution in [1.82, 2.24) is 5.32 Å². The van der Waals surface area contributed by atoms with E-state index in [-0.39, 0.29) is 29.3 Å². The second kappa shape index (κ2) is 4.49. The summed E-state index contributed by atoms with van der Waals surface area (Å²) >= 11 is 0. The maximum atomic E-state index is 11.9. The number of amides is 1. The van der Waals surface area contributed by atoms with E-state index in [1.807, 2.05) is 0 Å². The minimum atomic E-state index is -4.73. The Labute approximate surface area is 101 Å². The van der Waals surface area contributed by atoms with Crippen LogP contribution in [0.3, 0.4) is 0 Å². The van der Waals surface area contributed by atoms with Gasteiger partial charge in [-0.15, -0.1) is 13.2 Å². The molecule has 0 heterocycles. The Morgan fingerprint density at radius 3 is 2.33 bits per heavy atom. The topological polar surface area (TPSA) is 64.3 Å². The number of ether oxygens (including phenoxy) is 1. The molecule has 98 valence electrons. The van der Waals surface area contributed by atoms with E-state index in [1.165, 1.54) is 12.1 Å². The molecule has 1 saturated carbocycles. The average Bonchev–Trinajstić information content (AvgIpc) is 2.92. The second-order valence-electron chi connectivity index (χ2n) is 4.05. The third kappa shape index (κ3) is 3.36. The lowest BCUT2D eigenvalue weighted by atomic mass is 10.2. The van der Waals surface area contributed by atoms with Gasteiger partial charge in [-0.1, -0.05) is 0 Å². The summed E-state index contributed by atoms with van der Waals surface area (Å²) in [6.07, 6.45) is -4.01. The summed E-state index contributed by atoms with van der Waals surface area (Å²) in [6.45, 7) is 0. The molecule has 3 N–H and O–H groups in total. The molecule has 0 bridgehead atoms. The van der Waals surface area contributed by atoms with E-state index in [4.69, 9.17) is 5.73 Å². The standard InChI is InChI=1S/C11H11F3N2O2/c12-11(13,14)18-7-3-1-6(2-4-7)10(17)16-9-5-8(9)15/h1-4,8-9H,5,15H2,(H,16,17). The van der Waals surface area contributed by atoms with Gasteiger partial charge in [-0.05, 0) is 30.7 Å². The molecule has 1 aliphatic rings. The molecule has 0 spiro atoms. The number of hydrogen-bond donors (Lipinski definition) is 2. The summed E-state index contributed by atoms with van der Waals surface area (Å²) in [6, 6.07) is 4.66. The Morgan fingerprint density at radius 1 is 1.33 bits per heavy atom. The fraction of sp³-hybridized carbons (Fsp3) is 0.364. The van der Waals surface area contributed by atoms with Crippen molar-refractivity contribution < 1.29 is 22.7 Å². The van der Waals surface area contributed by atoms with Crippen LogP contribution in [-0.2, 0) is 0 Å². The number of nitrogens with one attached hydrogen (secondary N) is 1. The number of nitrogens with two attached hydrogens (primary N) is 1. The van der Waals surface area contributed by atoms with Crippen molar-refractivity contribution in [1.29, 1.82) is 0 Å². The van der Waals surface area contributed by atoms with Gasteiger partial charge in [0.15, 0.2) is 0 Å². The van der Waals surface area contributed by atoms with E-state index in [0.29, 0.717) is 0 Å². The third-order valence-electron chi connectivity index (χ3n) is 2.51. The first-order valence-electron chi connectivity index (χ1n) is 5.27. The van der Waals surface area contributed by atoms with Crippen molar-refractivity contribution >= 4 is 5.91 Å². The molecule has 2 unspecified atom stereocenters. The van der Waals surface area contributed by atoms with Crippen LogP contribution >= 0.6 is 0 Å². The van der Waals surface area contributed by atoms with E-state index in [2.05, 4.69) is 10.1 Å². The first kappa shape index (κ1) is 12.7. The number of alkyl halides is 3. The van der Waals surface area contributed by atoms with Gasteiger partial charge in [0.2, 0.25) is 0 Å². The first-order valence-corrected chi connectivity index (χ1v) is 5.27. The first-order chi connectivity index (χ1) is 8.35. The van der Waals surface area contributed by atoms with Crippen molar-refractivity contribution in [2.24, 2.45) is 5.73 Å². The molecule has 1 aliphatic carbocycles. The fourth-order valence-corrected chi connectivity index (χ4v) is 1.44. The Bertz CT molecular complexity index is 445. The number of carbonyl (C=O) groups is 1. The van der Waals surface area contributed by atoms with Crippen LogP contribution in [0.25, 0.3) is 0 Å². The van der Waals surface area contributed by atoms with Gasteiger partial charge >= 0.3 is 6.36 Å². The molecule has 0 radical (unpaired) electrons. The summed E-state index contributed by atoms with van der Waals surface area (Å²) in [5.74, 6) is -0.714. The molecule has 7 heteroatoms. The van der Waals surface area contributed by atoms with Crippen LogP contribution < -0.4 is 15.8 Å². The number of rotatable bonds is 3. The van der Waals surface area contributed by atoms with Gasteiger partial charge < -0.3 is 15.8 Å². The van der Waals surface area contributed by atoms with E-state index in [9.17, 15) is 18.0 Å². The van der Waals surface area contributed by atoms with E-state index >= 15 is 0 Å². The molecule has 18 heavy (non-hydrogen) atoms. The highest BCUT2D eigenvalue weighted by Gasteiger charge is 2.35. The molecule has 1 aromatic rings. The molecule has 0 saturated heterocycles. The van der Waals surface area contributed by atoms with Gasteiger partial charge in [0.05, 0.1) is 0 Å². The summed E-state index contributed by atoms with van der Waals surface area (Å²) in [7, 11) is 0. The zero-order valence-corrected chi connectivity index (χ0v) is 9.20. The number of halogens is 3. The largest absolute Gasteiger partial charge is 0.573 e. The van der Waals surface area contributed by atoms with Gasteiger partial charge in [-0.25, -0.2) is 0 Å². The van der Waals surface area contributed by atoms with Gasteiger partial charge in [-0.2, -0.15) is 0 Å². The highest BCUT2D eigenvalue weighted by atomic mass is 19.4. The predicted molar refractivity (Wildman–Crippen MR) is 57.0 cm³/mol. The van der Waals surface area contributed by atoms with Crippen LogP contribution in [0.2, 0.25) is 0 Å². The molecule has 0 aromatic heterocycles. The third-order valence-corrected chi connectivity index (χ3v) is 2.51. The average molecular weight is 260 g/mol. The molecule has 1 aromatic carbocycles. The fourth-order valence-electron chi connectivity index (χ4n) is 1.44. The maximum Gasteiger partial charge on any atom is 0.573 e. The molecule has 0 aliphatic heterocycles. The minimum Gasteiger partial charge on any atom is -0.406 e. The summed E-state index contributed by atoms with van der Waals surface area (Å²) in [5.41, 5.74) is 5.79. The van der Waals surface area contributed by atoms with Crippen molar-refractivity contribution in [2.45, 2.75) is 24.9 Å². The number of hydrogen-bond acceptors (Lipinski definition) is 3. The van der Waals surface area contributed by atoms with Gasteiger partial charge in [-0.3, -0.25) is 4.79 Å². The van der Waals surface area contributed by atoms with Crippen LogP contribution in [0, 0.1) is 0 Å². The van der Waals surface area contributed by atoms with Gasteiger partial charge in [0.25, 0.3) is 5.91 Å². The monoisotopic (exact) mass is 260 g/mol. The Morgan fingerprint density at radius 2 is 1.89 bits per heavy atom. The van der Waals surface area contributed by atoms with E-state index in [0.717, 1.165) is 18.6 Å². The summed E-state index contributed by atoms with van der Waals surface area (Å²) in [4.78, 5) is 11.6. The molecule has 1 amide bonds. The molecule has 1 fully saturated rings. The van der Waals surface area contributed by atoms with Crippen LogP contribution in [0.5, 0.6) is 5.75 Å². The normalized spacial score (nSPS) is 22.4. The molecule has 4 nitrogen and oxygen atoms in total. The lowest BCUT2D eigenvalue weighted by molar-refractivity contribution is -0.274. The Balaban J connectivity index is 1.96. The predicted octanol–water partition coefficient (Wildman–Crippen LogP) is 1.41. The molecular formula is C11H11F3N2O2. The quantitative estimate of drug-likeness (QED) is 0.863. The molecular weight excluding hydrogens is 249 g/mol. The van der Waals surface area contributed by atoms with E-state index < -0.39 is 6.36 Å². The highest BCUT2D eigenvalue weighted by Crippen LogP contribution is 2.23. The second-order valence-corrected chi connectivity index (χ2v) is 4.05. The summed E-state index contributed by atoms with van der Waals surface area (Å²) < 4.78 is 39.4. The Kier molecular flexibility index (Phi) is 3.16. The maximum absolute atomic E-state index is 11.9. The van der Waals surface area contributed by atoms with Crippen LogP contribution in [0.4, 0.5) is 13.2 Å².